The molecule has 2 bridgehead atoms. The summed E-state index contributed by atoms with van der Waals surface area (Å²) in [5, 5.41) is 15.9. The molecule has 2 saturated carbocycles. The maximum atomic E-state index is 13.1. The first-order chi connectivity index (χ1) is 14.6. The standard InChI is InChI=1S/C24H29NO4S/c1-29-22(27)7-5-3-2-4-6-18-15-8-9-16(12-15)23(18)25-24(28)20-14-30-21-11-10-17(26)13-19(20)21/h2,4,10-11,13-16,18,23,26H,3,5-9,12H2,1H3,(H,25,28)/b4-2-/t15-,16+,18+,23+/m1/s1. The minimum atomic E-state index is -0.159. The van der Waals surface area contributed by atoms with Gasteiger partial charge in [-0.25, -0.2) is 0 Å². The molecule has 0 aliphatic heterocycles. The Morgan fingerprint density at radius 1 is 1.27 bits per heavy atom. The summed E-state index contributed by atoms with van der Waals surface area (Å²) >= 11 is 1.53. The minimum absolute atomic E-state index is 0.0311. The van der Waals surface area contributed by atoms with Crippen LogP contribution in [0.4, 0.5) is 0 Å². The van der Waals surface area contributed by atoms with Crippen LogP contribution < -0.4 is 5.32 Å². The number of phenols is 1. The fourth-order valence-corrected chi connectivity index (χ4v) is 6.16. The van der Waals surface area contributed by atoms with Crippen molar-refractivity contribution in [1.29, 1.82) is 0 Å². The van der Waals surface area contributed by atoms with Gasteiger partial charge < -0.3 is 15.2 Å². The molecular formula is C24H29NO4S. The predicted molar refractivity (Wildman–Crippen MR) is 119 cm³/mol. The number of carbonyl (C=O) groups is 2. The first-order valence-corrected chi connectivity index (χ1v) is 11.7. The SMILES string of the molecule is COC(=O)CCC/C=C\C[C@H]1[C@@H]2CC[C@@H](C2)[C@@H]1NC(=O)c1csc2ccc(O)cc12. The molecule has 2 N–H and O–H groups in total. The van der Waals surface area contributed by atoms with Crippen LogP contribution >= 0.6 is 11.3 Å². The molecule has 2 aliphatic carbocycles. The van der Waals surface area contributed by atoms with Gasteiger partial charge in [-0.2, -0.15) is 0 Å². The molecule has 0 unspecified atom stereocenters. The van der Waals surface area contributed by atoms with Gasteiger partial charge in [0.25, 0.3) is 5.91 Å². The number of benzene rings is 1. The Morgan fingerprint density at radius 2 is 2.10 bits per heavy atom. The van der Waals surface area contributed by atoms with Crippen LogP contribution in [0.25, 0.3) is 10.1 Å². The third-order valence-corrected chi connectivity index (χ3v) is 7.71. The molecule has 0 spiro atoms. The van der Waals surface area contributed by atoms with Gasteiger partial charge in [0.15, 0.2) is 0 Å². The molecule has 2 fully saturated rings. The monoisotopic (exact) mass is 427 g/mol. The fourth-order valence-electron chi connectivity index (χ4n) is 5.23. The van der Waals surface area contributed by atoms with Gasteiger partial charge in [0.2, 0.25) is 0 Å². The molecule has 30 heavy (non-hydrogen) atoms. The third-order valence-electron chi connectivity index (χ3n) is 6.74. The molecule has 4 rings (SSSR count). The second-order valence-electron chi connectivity index (χ2n) is 8.50. The Morgan fingerprint density at radius 3 is 2.93 bits per heavy atom. The molecule has 2 aliphatic rings. The molecule has 6 heteroatoms. The number of carbonyl (C=O) groups excluding carboxylic acids is 2. The van der Waals surface area contributed by atoms with Gasteiger partial charge in [-0.1, -0.05) is 12.2 Å². The summed E-state index contributed by atoms with van der Waals surface area (Å²) in [4.78, 5) is 24.3. The van der Waals surface area contributed by atoms with Crippen molar-refractivity contribution < 1.29 is 19.4 Å². The molecule has 1 heterocycles. The van der Waals surface area contributed by atoms with Gasteiger partial charge in [-0.3, -0.25) is 9.59 Å². The summed E-state index contributed by atoms with van der Waals surface area (Å²) < 4.78 is 5.68. The number of unbranched alkanes of at least 4 members (excludes halogenated alkanes) is 1. The van der Waals surface area contributed by atoms with Crippen molar-refractivity contribution in [2.24, 2.45) is 17.8 Å². The molecule has 5 nitrogen and oxygen atoms in total. The number of aromatic hydroxyl groups is 1. The normalized spacial score (nSPS) is 25.2. The van der Waals surface area contributed by atoms with Crippen molar-refractivity contribution in [1.82, 2.24) is 5.32 Å². The number of hydrogen-bond donors (Lipinski definition) is 2. The minimum Gasteiger partial charge on any atom is -0.508 e. The number of methoxy groups -OCH3 is 1. The van der Waals surface area contributed by atoms with E-state index >= 15 is 0 Å². The van der Waals surface area contributed by atoms with Crippen molar-refractivity contribution in [3.63, 3.8) is 0 Å². The van der Waals surface area contributed by atoms with E-state index in [2.05, 4.69) is 22.2 Å². The van der Waals surface area contributed by atoms with Gasteiger partial charge in [0.05, 0.1) is 12.7 Å². The Kier molecular flexibility index (Phi) is 6.42. The number of esters is 1. The maximum Gasteiger partial charge on any atom is 0.305 e. The smallest absolute Gasteiger partial charge is 0.305 e. The summed E-state index contributed by atoms with van der Waals surface area (Å²) in [7, 11) is 1.42. The highest BCUT2D eigenvalue weighted by Crippen LogP contribution is 2.50. The van der Waals surface area contributed by atoms with Crippen molar-refractivity contribution in [2.75, 3.05) is 7.11 Å². The zero-order valence-electron chi connectivity index (χ0n) is 17.3. The van der Waals surface area contributed by atoms with Crippen molar-refractivity contribution in [3.05, 3.63) is 41.3 Å². The molecule has 4 atom stereocenters. The van der Waals surface area contributed by atoms with Crippen LogP contribution in [-0.2, 0) is 9.53 Å². The van der Waals surface area contributed by atoms with Gasteiger partial charge >= 0.3 is 5.97 Å². The average molecular weight is 428 g/mol. The van der Waals surface area contributed by atoms with Crippen molar-refractivity contribution in [3.8, 4) is 5.75 Å². The van der Waals surface area contributed by atoms with E-state index in [1.165, 1.54) is 37.7 Å². The van der Waals surface area contributed by atoms with Crippen LogP contribution in [0.3, 0.4) is 0 Å². The maximum absolute atomic E-state index is 13.1. The lowest BCUT2D eigenvalue weighted by Gasteiger charge is -2.31. The van der Waals surface area contributed by atoms with Gasteiger partial charge in [-0.15, -0.1) is 11.3 Å². The Bertz CT molecular complexity index is 950. The van der Waals surface area contributed by atoms with Crippen LogP contribution in [0.2, 0.25) is 0 Å². The second kappa shape index (κ2) is 9.21. The summed E-state index contributed by atoms with van der Waals surface area (Å²) in [6.07, 6.45) is 11.1. The van der Waals surface area contributed by atoms with Crippen LogP contribution in [0.5, 0.6) is 5.75 Å². The number of hydrogen-bond acceptors (Lipinski definition) is 5. The fraction of sp³-hybridized carbons (Fsp3) is 0.500. The lowest BCUT2D eigenvalue weighted by molar-refractivity contribution is -0.140. The molecule has 160 valence electrons. The zero-order chi connectivity index (χ0) is 21.1. The number of amides is 1. The molecule has 1 aromatic heterocycles. The first-order valence-electron chi connectivity index (χ1n) is 10.8. The number of rotatable bonds is 8. The average Bonchev–Trinajstić information content (AvgIpc) is 3.45. The predicted octanol–water partition coefficient (Wildman–Crippen LogP) is 5.04. The summed E-state index contributed by atoms with van der Waals surface area (Å²) in [5.74, 6) is 1.72. The lowest BCUT2D eigenvalue weighted by Crippen LogP contribution is -2.43. The number of allylic oxidation sites excluding steroid dienone is 2. The highest BCUT2D eigenvalue weighted by molar-refractivity contribution is 7.17. The van der Waals surface area contributed by atoms with E-state index < -0.39 is 0 Å². The number of phenolic OH excluding ortho intramolecular Hbond substituents is 1. The Balaban J connectivity index is 1.38. The number of nitrogens with one attached hydrogen (secondary N) is 1. The van der Waals surface area contributed by atoms with E-state index in [9.17, 15) is 14.7 Å². The highest BCUT2D eigenvalue weighted by atomic mass is 32.1. The largest absolute Gasteiger partial charge is 0.508 e. The topological polar surface area (TPSA) is 75.6 Å². The highest BCUT2D eigenvalue weighted by Gasteiger charge is 2.47. The summed E-state index contributed by atoms with van der Waals surface area (Å²) in [5.41, 5.74) is 0.658. The molecule has 0 saturated heterocycles. The van der Waals surface area contributed by atoms with Gasteiger partial charge in [0.1, 0.15) is 5.75 Å². The molecular weight excluding hydrogens is 398 g/mol. The van der Waals surface area contributed by atoms with Gasteiger partial charge in [0, 0.05) is 27.9 Å². The second-order valence-corrected chi connectivity index (χ2v) is 9.41. The quantitative estimate of drug-likeness (QED) is 0.351. The van der Waals surface area contributed by atoms with Crippen LogP contribution in [0.1, 0.15) is 55.3 Å². The summed E-state index contributed by atoms with van der Waals surface area (Å²) in [6.45, 7) is 0. The van der Waals surface area contributed by atoms with E-state index in [0.29, 0.717) is 29.7 Å². The molecule has 1 amide bonds. The molecule has 0 radical (unpaired) electrons. The van der Waals surface area contributed by atoms with E-state index in [0.717, 1.165) is 29.3 Å². The van der Waals surface area contributed by atoms with E-state index in [1.807, 2.05) is 11.4 Å². The zero-order valence-corrected chi connectivity index (χ0v) is 18.1. The van der Waals surface area contributed by atoms with E-state index in [-0.39, 0.29) is 23.7 Å². The van der Waals surface area contributed by atoms with E-state index in [4.69, 9.17) is 0 Å². The Hall–Kier alpha value is -2.34. The van der Waals surface area contributed by atoms with Crippen LogP contribution in [-0.4, -0.2) is 30.1 Å². The molecule has 2 aromatic rings. The number of thiophene rings is 1. The van der Waals surface area contributed by atoms with Crippen molar-refractivity contribution >= 4 is 33.3 Å². The van der Waals surface area contributed by atoms with Gasteiger partial charge in [-0.05, 0) is 74.5 Å². The Labute approximate surface area is 181 Å². The number of fused-ring (bicyclic) bond motifs is 3. The lowest BCUT2D eigenvalue weighted by atomic mass is 9.82. The van der Waals surface area contributed by atoms with Crippen LogP contribution in [0.15, 0.2) is 35.7 Å². The van der Waals surface area contributed by atoms with Crippen molar-refractivity contribution in [2.45, 2.75) is 51.0 Å². The summed E-state index contributed by atoms with van der Waals surface area (Å²) in [6, 6.07) is 5.40. The third kappa shape index (κ3) is 4.38. The van der Waals surface area contributed by atoms with E-state index in [1.54, 1.807) is 12.1 Å². The molecule has 1 aromatic carbocycles. The first kappa shape index (κ1) is 20.9. The van der Waals surface area contributed by atoms with Crippen LogP contribution in [0, 0.1) is 17.8 Å². The number of ether oxygens (including phenoxy) is 1.